The lowest BCUT2D eigenvalue weighted by Gasteiger charge is -2.11. The van der Waals surface area contributed by atoms with Crippen LogP contribution in [0.3, 0.4) is 0 Å². The molecule has 1 saturated carbocycles. The van der Waals surface area contributed by atoms with Gasteiger partial charge in [0.05, 0.1) is 6.04 Å². The highest BCUT2D eigenvalue weighted by Gasteiger charge is 2.28. The SMILES string of the molecule is O=S(=O)(Nc1cccc(-c2nnnn2C2CC2)c1)c1ccc(F)c(F)c1F. The Morgan fingerprint density at radius 1 is 1.07 bits per heavy atom. The Bertz CT molecular complexity index is 1130. The zero-order chi connectivity index (χ0) is 19.2. The number of halogens is 3. The summed E-state index contributed by atoms with van der Waals surface area (Å²) in [6, 6.07) is 7.60. The number of nitrogens with zero attached hydrogens (tertiary/aromatic N) is 4. The fraction of sp³-hybridized carbons (Fsp3) is 0.188. The van der Waals surface area contributed by atoms with Gasteiger partial charge >= 0.3 is 0 Å². The van der Waals surface area contributed by atoms with Crippen molar-refractivity contribution in [2.24, 2.45) is 0 Å². The van der Waals surface area contributed by atoms with Crippen molar-refractivity contribution in [3.05, 3.63) is 53.8 Å². The summed E-state index contributed by atoms with van der Waals surface area (Å²) in [5, 5.41) is 11.5. The predicted molar refractivity (Wildman–Crippen MR) is 88.6 cm³/mol. The molecule has 1 aliphatic rings. The Morgan fingerprint density at radius 3 is 2.59 bits per heavy atom. The van der Waals surface area contributed by atoms with Crippen LogP contribution < -0.4 is 4.72 Å². The van der Waals surface area contributed by atoms with Gasteiger partial charge in [0.25, 0.3) is 10.0 Å². The van der Waals surface area contributed by atoms with Gasteiger partial charge in [0.2, 0.25) is 0 Å². The molecule has 2 aromatic carbocycles. The van der Waals surface area contributed by atoms with Crippen molar-refractivity contribution in [2.75, 3.05) is 4.72 Å². The number of anilines is 1. The Hall–Kier alpha value is -2.95. The number of aromatic nitrogens is 4. The number of sulfonamides is 1. The molecule has 0 saturated heterocycles. The molecule has 27 heavy (non-hydrogen) atoms. The molecule has 140 valence electrons. The molecular formula is C16H12F3N5O2S. The van der Waals surface area contributed by atoms with Gasteiger partial charge in [-0.2, -0.15) is 0 Å². The first-order chi connectivity index (χ1) is 12.9. The van der Waals surface area contributed by atoms with Crippen molar-refractivity contribution >= 4 is 15.7 Å². The lowest BCUT2D eigenvalue weighted by Crippen LogP contribution is -2.16. The third kappa shape index (κ3) is 3.25. The second-order valence-corrected chi connectivity index (χ2v) is 7.69. The van der Waals surface area contributed by atoms with Crippen molar-refractivity contribution in [3.63, 3.8) is 0 Å². The summed E-state index contributed by atoms with van der Waals surface area (Å²) in [6.45, 7) is 0. The monoisotopic (exact) mass is 395 g/mol. The standard InChI is InChI=1S/C16H12F3N5O2S/c17-12-6-7-13(15(19)14(12)18)27(25,26)21-10-3-1-2-9(8-10)16-20-22-23-24(16)11-4-5-11/h1-3,6-8,11,21H,4-5H2. The molecule has 7 nitrogen and oxygen atoms in total. The molecule has 1 heterocycles. The van der Waals surface area contributed by atoms with Crippen LogP contribution in [0.25, 0.3) is 11.4 Å². The fourth-order valence-electron chi connectivity index (χ4n) is 2.60. The van der Waals surface area contributed by atoms with Gasteiger partial charge in [-0.25, -0.2) is 26.3 Å². The summed E-state index contributed by atoms with van der Waals surface area (Å²) < 4.78 is 68.8. The van der Waals surface area contributed by atoms with Crippen LogP contribution in [0.5, 0.6) is 0 Å². The topological polar surface area (TPSA) is 89.8 Å². The Morgan fingerprint density at radius 2 is 1.85 bits per heavy atom. The van der Waals surface area contributed by atoms with Gasteiger partial charge in [0, 0.05) is 11.3 Å². The first-order valence-electron chi connectivity index (χ1n) is 7.91. The maximum Gasteiger partial charge on any atom is 0.264 e. The summed E-state index contributed by atoms with van der Waals surface area (Å²) in [5.41, 5.74) is 0.653. The maximum absolute atomic E-state index is 13.8. The maximum atomic E-state index is 13.8. The van der Waals surface area contributed by atoms with E-state index in [1.165, 1.54) is 12.1 Å². The zero-order valence-electron chi connectivity index (χ0n) is 13.6. The molecule has 0 bridgehead atoms. The summed E-state index contributed by atoms with van der Waals surface area (Å²) in [5.74, 6) is -4.63. The zero-order valence-corrected chi connectivity index (χ0v) is 14.4. The summed E-state index contributed by atoms with van der Waals surface area (Å²) in [7, 11) is -4.47. The molecule has 1 fully saturated rings. The Balaban J connectivity index is 1.67. The molecule has 0 radical (unpaired) electrons. The molecule has 0 aliphatic heterocycles. The summed E-state index contributed by atoms with van der Waals surface area (Å²) >= 11 is 0. The number of nitrogens with one attached hydrogen (secondary N) is 1. The smallest absolute Gasteiger partial charge is 0.264 e. The number of benzene rings is 2. The van der Waals surface area contributed by atoms with Crippen LogP contribution in [0.2, 0.25) is 0 Å². The van der Waals surface area contributed by atoms with E-state index in [0.29, 0.717) is 23.5 Å². The van der Waals surface area contributed by atoms with Gasteiger partial charge in [0.15, 0.2) is 23.3 Å². The largest absolute Gasteiger partial charge is 0.280 e. The summed E-state index contributed by atoms with van der Waals surface area (Å²) in [4.78, 5) is -0.991. The third-order valence-electron chi connectivity index (χ3n) is 4.05. The lowest BCUT2D eigenvalue weighted by molar-refractivity contribution is 0.432. The molecular weight excluding hydrogens is 383 g/mol. The quantitative estimate of drug-likeness (QED) is 0.671. The van der Waals surface area contributed by atoms with Crippen LogP contribution in [-0.2, 0) is 10.0 Å². The molecule has 0 spiro atoms. The fourth-order valence-corrected chi connectivity index (χ4v) is 3.72. The Kier molecular flexibility index (Phi) is 4.10. The minimum Gasteiger partial charge on any atom is -0.280 e. The first-order valence-corrected chi connectivity index (χ1v) is 9.40. The van der Waals surface area contributed by atoms with Gasteiger partial charge < -0.3 is 0 Å². The lowest BCUT2D eigenvalue weighted by atomic mass is 10.2. The van der Waals surface area contributed by atoms with Crippen LogP contribution in [0, 0.1) is 17.5 Å². The molecule has 1 aromatic heterocycles. The molecule has 1 aliphatic carbocycles. The minimum atomic E-state index is -4.47. The predicted octanol–water partition coefficient (Wildman–Crippen LogP) is 2.89. The van der Waals surface area contributed by atoms with Crippen molar-refractivity contribution in [3.8, 4) is 11.4 Å². The molecule has 11 heteroatoms. The first kappa shape index (κ1) is 17.5. The van der Waals surface area contributed by atoms with Crippen LogP contribution in [-0.4, -0.2) is 28.6 Å². The van der Waals surface area contributed by atoms with Crippen molar-refractivity contribution in [1.29, 1.82) is 0 Å². The molecule has 0 unspecified atom stereocenters. The van der Waals surface area contributed by atoms with E-state index in [1.807, 2.05) is 0 Å². The molecule has 3 aromatic rings. The van der Waals surface area contributed by atoms with Gasteiger partial charge in [-0.05, 0) is 47.5 Å². The van der Waals surface area contributed by atoms with Crippen molar-refractivity contribution in [1.82, 2.24) is 20.2 Å². The second kappa shape index (κ2) is 6.34. The summed E-state index contributed by atoms with van der Waals surface area (Å²) in [6.07, 6.45) is 1.92. The van der Waals surface area contributed by atoms with Crippen LogP contribution in [0.1, 0.15) is 18.9 Å². The number of hydrogen-bond donors (Lipinski definition) is 1. The van der Waals surface area contributed by atoms with Gasteiger partial charge in [-0.15, -0.1) is 5.10 Å². The van der Waals surface area contributed by atoms with Crippen molar-refractivity contribution < 1.29 is 21.6 Å². The molecule has 1 N–H and O–H groups in total. The Labute approximate surface area is 151 Å². The number of tetrazole rings is 1. The van der Waals surface area contributed by atoms with E-state index in [4.69, 9.17) is 0 Å². The van der Waals surface area contributed by atoms with E-state index >= 15 is 0 Å². The van der Waals surface area contributed by atoms with Gasteiger partial charge in [-0.1, -0.05) is 12.1 Å². The van der Waals surface area contributed by atoms with Gasteiger partial charge in [-0.3, -0.25) is 4.72 Å². The normalized spacial score (nSPS) is 14.3. The van der Waals surface area contributed by atoms with E-state index in [1.54, 1.807) is 16.8 Å². The average molecular weight is 395 g/mol. The van der Waals surface area contributed by atoms with Crippen molar-refractivity contribution in [2.45, 2.75) is 23.8 Å². The minimum absolute atomic E-state index is 0.0991. The van der Waals surface area contributed by atoms with E-state index in [-0.39, 0.29) is 11.7 Å². The highest BCUT2D eigenvalue weighted by Crippen LogP contribution is 2.37. The van der Waals surface area contributed by atoms with Crippen LogP contribution in [0.4, 0.5) is 18.9 Å². The van der Waals surface area contributed by atoms with Crippen LogP contribution in [0.15, 0.2) is 41.3 Å². The van der Waals surface area contributed by atoms with Gasteiger partial charge in [0.1, 0.15) is 4.90 Å². The highest BCUT2D eigenvalue weighted by molar-refractivity contribution is 7.92. The molecule has 0 atom stereocenters. The highest BCUT2D eigenvalue weighted by atomic mass is 32.2. The van der Waals surface area contributed by atoms with Crippen LogP contribution >= 0.6 is 0 Å². The molecule has 0 amide bonds. The van der Waals surface area contributed by atoms with E-state index in [9.17, 15) is 21.6 Å². The van der Waals surface area contributed by atoms with E-state index in [0.717, 1.165) is 12.8 Å². The van der Waals surface area contributed by atoms with E-state index < -0.39 is 32.4 Å². The number of rotatable bonds is 5. The number of hydrogen-bond acceptors (Lipinski definition) is 5. The average Bonchev–Trinajstić information content (AvgIpc) is 3.36. The second-order valence-electron chi connectivity index (χ2n) is 6.04. The van der Waals surface area contributed by atoms with E-state index in [2.05, 4.69) is 20.2 Å². The third-order valence-corrected chi connectivity index (χ3v) is 5.45. The molecule has 4 rings (SSSR count).